The molecule has 0 N–H and O–H groups in total. The number of aromatic nitrogens is 2. The Kier molecular flexibility index (Phi) is 5.78. The van der Waals surface area contributed by atoms with Gasteiger partial charge in [0.2, 0.25) is 0 Å². The van der Waals surface area contributed by atoms with Gasteiger partial charge < -0.3 is 14.4 Å². The van der Waals surface area contributed by atoms with Crippen molar-refractivity contribution in [1.82, 2.24) is 19.8 Å². The summed E-state index contributed by atoms with van der Waals surface area (Å²) in [7, 11) is 5.58. The van der Waals surface area contributed by atoms with E-state index in [4.69, 9.17) is 19.4 Å². The highest BCUT2D eigenvalue weighted by Crippen LogP contribution is 2.33. The van der Waals surface area contributed by atoms with Crippen LogP contribution in [-0.4, -0.2) is 54.1 Å². The van der Waals surface area contributed by atoms with Crippen molar-refractivity contribution in [2.24, 2.45) is 0 Å². The third kappa shape index (κ3) is 3.98. The average molecular weight is 383 g/mol. The molecule has 1 atom stereocenters. The highest BCUT2D eigenvalue weighted by molar-refractivity contribution is 5.40. The molecule has 1 fully saturated rings. The van der Waals surface area contributed by atoms with Gasteiger partial charge in [-0.05, 0) is 44.6 Å². The fourth-order valence-corrected chi connectivity index (χ4v) is 4.33. The van der Waals surface area contributed by atoms with E-state index in [1.165, 1.54) is 24.1 Å². The van der Waals surface area contributed by atoms with Crippen molar-refractivity contribution in [2.45, 2.75) is 44.8 Å². The standard InChI is InChI=1S/C22H30N4O2/c1-25-11-9-19-17(14-25)13-23-22(24-19)20-6-4-5-10-26(20)15-16-12-18(27-2)7-8-21(16)28-3/h7-8,12-13,20H,4-6,9-11,14-15H2,1-3H3/t20-/m1/s1. The summed E-state index contributed by atoms with van der Waals surface area (Å²) < 4.78 is 11.0. The van der Waals surface area contributed by atoms with Gasteiger partial charge in [0.1, 0.15) is 17.3 Å². The second kappa shape index (κ2) is 8.45. The molecule has 1 aromatic heterocycles. The van der Waals surface area contributed by atoms with Crippen molar-refractivity contribution >= 4 is 0 Å². The number of fused-ring (bicyclic) bond motifs is 1. The molecular formula is C22H30N4O2. The molecule has 28 heavy (non-hydrogen) atoms. The smallest absolute Gasteiger partial charge is 0.145 e. The number of benzene rings is 1. The maximum absolute atomic E-state index is 5.59. The first-order chi connectivity index (χ1) is 13.7. The van der Waals surface area contributed by atoms with Crippen LogP contribution in [0.15, 0.2) is 24.4 Å². The number of likely N-dealkylation sites (N-methyl/N-ethyl adjacent to an activating group) is 1. The predicted octanol–water partition coefficient (Wildman–Crippen LogP) is 3.21. The Morgan fingerprint density at radius 2 is 2.04 bits per heavy atom. The van der Waals surface area contributed by atoms with Gasteiger partial charge in [-0.1, -0.05) is 6.42 Å². The topological polar surface area (TPSA) is 50.7 Å². The van der Waals surface area contributed by atoms with Crippen molar-refractivity contribution in [3.8, 4) is 11.5 Å². The van der Waals surface area contributed by atoms with E-state index in [1.54, 1.807) is 14.2 Å². The molecule has 2 aliphatic heterocycles. The largest absolute Gasteiger partial charge is 0.497 e. The van der Waals surface area contributed by atoms with Crippen molar-refractivity contribution in [2.75, 3.05) is 34.4 Å². The monoisotopic (exact) mass is 382 g/mol. The Bertz CT molecular complexity index is 826. The molecule has 150 valence electrons. The summed E-state index contributed by atoms with van der Waals surface area (Å²) in [5.74, 6) is 2.74. The molecule has 0 aliphatic carbocycles. The van der Waals surface area contributed by atoms with Gasteiger partial charge in [-0.15, -0.1) is 0 Å². The molecule has 2 aliphatic rings. The number of rotatable bonds is 5. The fraction of sp³-hybridized carbons (Fsp3) is 0.545. The highest BCUT2D eigenvalue weighted by Gasteiger charge is 2.28. The molecule has 0 radical (unpaired) electrons. The lowest BCUT2D eigenvalue weighted by Crippen LogP contribution is -2.35. The molecule has 0 unspecified atom stereocenters. The van der Waals surface area contributed by atoms with Crippen LogP contribution in [0.2, 0.25) is 0 Å². The summed E-state index contributed by atoms with van der Waals surface area (Å²) in [6.45, 7) is 3.88. The molecule has 0 spiro atoms. The van der Waals surface area contributed by atoms with Gasteiger partial charge >= 0.3 is 0 Å². The normalized spacial score (nSPS) is 20.6. The summed E-state index contributed by atoms with van der Waals surface area (Å²) >= 11 is 0. The molecule has 6 nitrogen and oxygen atoms in total. The Balaban J connectivity index is 1.59. The summed E-state index contributed by atoms with van der Waals surface area (Å²) in [6, 6.07) is 6.27. The lowest BCUT2D eigenvalue weighted by molar-refractivity contribution is 0.132. The van der Waals surface area contributed by atoms with E-state index in [0.29, 0.717) is 0 Å². The summed E-state index contributed by atoms with van der Waals surface area (Å²) in [4.78, 5) is 14.6. The van der Waals surface area contributed by atoms with Crippen LogP contribution in [0.3, 0.4) is 0 Å². The molecule has 3 heterocycles. The Morgan fingerprint density at radius 1 is 1.14 bits per heavy atom. The van der Waals surface area contributed by atoms with Crippen LogP contribution in [0.4, 0.5) is 0 Å². The molecule has 2 aromatic rings. The Labute approximate surface area is 167 Å². The summed E-state index contributed by atoms with van der Waals surface area (Å²) in [5, 5.41) is 0. The van der Waals surface area contributed by atoms with E-state index in [-0.39, 0.29) is 6.04 Å². The summed E-state index contributed by atoms with van der Waals surface area (Å²) in [6.07, 6.45) is 6.59. The Hall–Kier alpha value is -2.18. The van der Waals surface area contributed by atoms with Gasteiger partial charge in [0.15, 0.2) is 0 Å². The molecule has 1 saturated heterocycles. The van der Waals surface area contributed by atoms with E-state index in [2.05, 4.69) is 22.9 Å². The molecule has 0 bridgehead atoms. The number of nitrogens with zero attached hydrogens (tertiary/aromatic N) is 4. The van der Waals surface area contributed by atoms with Gasteiger partial charge in [-0.25, -0.2) is 9.97 Å². The van der Waals surface area contributed by atoms with E-state index in [9.17, 15) is 0 Å². The van der Waals surface area contributed by atoms with E-state index >= 15 is 0 Å². The number of hydrogen-bond donors (Lipinski definition) is 0. The fourth-order valence-electron chi connectivity index (χ4n) is 4.33. The minimum atomic E-state index is 0.259. The van der Waals surface area contributed by atoms with Crippen molar-refractivity contribution in [3.05, 3.63) is 47.0 Å². The maximum atomic E-state index is 5.59. The zero-order valence-electron chi connectivity index (χ0n) is 17.1. The first-order valence-corrected chi connectivity index (χ1v) is 10.2. The third-order valence-electron chi connectivity index (χ3n) is 5.92. The molecule has 0 saturated carbocycles. The number of piperidine rings is 1. The van der Waals surface area contributed by atoms with Gasteiger partial charge in [0.05, 0.1) is 20.3 Å². The average Bonchev–Trinajstić information content (AvgIpc) is 2.73. The maximum Gasteiger partial charge on any atom is 0.145 e. The highest BCUT2D eigenvalue weighted by atomic mass is 16.5. The minimum Gasteiger partial charge on any atom is -0.497 e. The van der Waals surface area contributed by atoms with Crippen LogP contribution in [0, 0.1) is 0 Å². The van der Waals surface area contributed by atoms with Crippen molar-refractivity contribution in [1.29, 1.82) is 0 Å². The van der Waals surface area contributed by atoms with E-state index < -0.39 is 0 Å². The van der Waals surface area contributed by atoms with Gasteiger partial charge in [0.25, 0.3) is 0 Å². The van der Waals surface area contributed by atoms with Crippen LogP contribution >= 0.6 is 0 Å². The van der Waals surface area contributed by atoms with E-state index in [1.807, 2.05) is 18.3 Å². The molecule has 1 aromatic carbocycles. The van der Waals surface area contributed by atoms with Crippen molar-refractivity contribution in [3.63, 3.8) is 0 Å². The number of ether oxygens (including phenoxy) is 2. The zero-order valence-corrected chi connectivity index (χ0v) is 17.1. The second-order valence-corrected chi connectivity index (χ2v) is 7.85. The van der Waals surface area contributed by atoms with Crippen LogP contribution in [0.1, 0.15) is 47.9 Å². The quantitative estimate of drug-likeness (QED) is 0.792. The van der Waals surface area contributed by atoms with Crippen LogP contribution in [0.25, 0.3) is 0 Å². The first kappa shape index (κ1) is 19.2. The summed E-state index contributed by atoms with van der Waals surface area (Å²) in [5.41, 5.74) is 3.65. The van der Waals surface area contributed by atoms with Gasteiger partial charge in [0, 0.05) is 49.1 Å². The Morgan fingerprint density at radius 3 is 2.86 bits per heavy atom. The van der Waals surface area contributed by atoms with Gasteiger partial charge in [-0.2, -0.15) is 0 Å². The van der Waals surface area contributed by atoms with E-state index in [0.717, 1.165) is 61.9 Å². The van der Waals surface area contributed by atoms with Gasteiger partial charge in [-0.3, -0.25) is 4.90 Å². The molecule has 4 rings (SSSR count). The minimum absolute atomic E-state index is 0.259. The first-order valence-electron chi connectivity index (χ1n) is 10.2. The zero-order chi connectivity index (χ0) is 19.5. The molecular weight excluding hydrogens is 352 g/mol. The number of hydrogen-bond acceptors (Lipinski definition) is 6. The third-order valence-corrected chi connectivity index (χ3v) is 5.92. The van der Waals surface area contributed by atoms with Crippen LogP contribution in [-0.2, 0) is 19.5 Å². The SMILES string of the molecule is COc1ccc(OC)c(CN2CCCC[C@@H]2c2ncc3c(n2)CCN(C)C3)c1. The predicted molar refractivity (Wildman–Crippen MR) is 109 cm³/mol. The number of likely N-dealkylation sites (tertiary alicyclic amines) is 1. The van der Waals surface area contributed by atoms with Crippen molar-refractivity contribution < 1.29 is 9.47 Å². The molecule has 6 heteroatoms. The molecule has 0 amide bonds. The van der Waals surface area contributed by atoms with Crippen LogP contribution in [0.5, 0.6) is 11.5 Å². The number of methoxy groups -OCH3 is 2. The lowest BCUT2D eigenvalue weighted by atomic mass is 9.99. The van der Waals surface area contributed by atoms with Crippen LogP contribution < -0.4 is 9.47 Å². The lowest BCUT2D eigenvalue weighted by Gasteiger charge is -2.35. The second-order valence-electron chi connectivity index (χ2n) is 7.85.